The molecule has 1 aliphatic rings. The summed E-state index contributed by atoms with van der Waals surface area (Å²) in [6.45, 7) is 2.91. The second kappa shape index (κ2) is 3.87. The molecule has 0 spiro atoms. The monoisotopic (exact) mass is 211 g/mol. The first-order valence-electron chi connectivity index (χ1n) is 5.12. The number of nitrogens with two attached hydrogens (primary N) is 1. The summed E-state index contributed by atoms with van der Waals surface area (Å²) in [6, 6.07) is 0.207. The molecule has 0 amide bonds. The van der Waals surface area contributed by atoms with Crippen LogP contribution in [0.15, 0.2) is 0 Å². The third-order valence-electron chi connectivity index (χ3n) is 2.47. The van der Waals surface area contributed by atoms with Gasteiger partial charge in [0.1, 0.15) is 0 Å². The lowest BCUT2D eigenvalue weighted by Crippen LogP contribution is -2.32. The lowest BCUT2D eigenvalue weighted by atomic mass is 10.3. The molecule has 1 heterocycles. The van der Waals surface area contributed by atoms with Gasteiger partial charge in [0, 0.05) is 24.5 Å². The molecule has 78 valence electrons. The van der Waals surface area contributed by atoms with Crippen molar-refractivity contribution < 1.29 is 0 Å². The van der Waals surface area contributed by atoms with Gasteiger partial charge in [0.2, 0.25) is 0 Å². The van der Waals surface area contributed by atoms with Gasteiger partial charge in [-0.2, -0.15) is 0 Å². The highest BCUT2D eigenvalue weighted by molar-refractivity contribution is 7.15. The summed E-state index contributed by atoms with van der Waals surface area (Å²) in [5.74, 6) is 0. The third-order valence-corrected chi connectivity index (χ3v) is 3.74. The molecule has 0 radical (unpaired) electrons. The average Bonchev–Trinajstić information content (AvgIpc) is 2.58. The van der Waals surface area contributed by atoms with E-state index in [1.54, 1.807) is 0 Å². The Morgan fingerprint density at radius 2 is 2.36 bits per heavy atom. The zero-order valence-corrected chi connectivity index (χ0v) is 9.60. The lowest BCUT2D eigenvalue weighted by Gasteiger charge is -2.17. The van der Waals surface area contributed by atoms with Gasteiger partial charge >= 0.3 is 0 Å². The summed E-state index contributed by atoms with van der Waals surface area (Å²) in [4.78, 5) is 8.28. The van der Waals surface area contributed by atoms with Crippen LogP contribution in [0.2, 0.25) is 0 Å². The Bertz CT molecular complexity index is 298. The minimum atomic E-state index is 0.207. The molecule has 1 atom stereocenters. The molecule has 3 nitrogen and oxygen atoms in total. The summed E-state index contributed by atoms with van der Waals surface area (Å²) >= 11 is 1.83. The van der Waals surface area contributed by atoms with Crippen LogP contribution in [0.5, 0.6) is 0 Å². The molecule has 0 fully saturated rings. The van der Waals surface area contributed by atoms with E-state index in [1.165, 1.54) is 23.4 Å². The molecule has 0 bridgehead atoms. The van der Waals surface area contributed by atoms with E-state index in [2.05, 4.69) is 16.9 Å². The van der Waals surface area contributed by atoms with Crippen LogP contribution in [0, 0.1) is 0 Å². The lowest BCUT2D eigenvalue weighted by molar-refractivity contribution is 0.715. The summed E-state index contributed by atoms with van der Waals surface area (Å²) in [7, 11) is 2.07. The number of nitrogens with zero attached hydrogens (tertiary/aromatic N) is 2. The summed E-state index contributed by atoms with van der Waals surface area (Å²) in [5.41, 5.74) is 7.08. The van der Waals surface area contributed by atoms with Gasteiger partial charge in [0.25, 0.3) is 0 Å². The normalized spacial score (nSPS) is 16.8. The predicted molar refractivity (Wildman–Crippen MR) is 61.1 cm³/mol. The first-order chi connectivity index (χ1) is 6.66. The first-order valence-corrected chi connectivity index (χ1v) is 5.94. The van der Waals surface area contributed by atoms with E-state index in [-0.39, 0.29) is 6.04 Å². The van der Waals surface area contributed by atoms with E-state index >= 15 is 0 Å². The van der Waals surface area contributed by atoms with E-state index in [0.29, 0.717) is 0 Å². The molecular weight excluding hydrogens is 194 g/mol. The molecule has 0 saturated carbocycles. The smallest absolute Gasteiger partial charge is 0.185 e. The van der Waals surface area contributed by atoms with Gasteiger partial charge in [0.15, 0.2) is 5.13 Å². The van der Waals surface area contributed by atoms with E-state index < -0.39 is 0 Å². The van der Waals surface area contributed by atoms with Crippen LogP contribution in [0.1, 0.15) is 23.9 Å². The van der Waals surface area contributed by atoms with Gasteiger partial charge in [-0.15, -0.1) is 11.3 Å². The fourth-order valence-electron chi connectivity index (χ4n) is 1.85. The zero-order chi connectivity index (χ0) is 10.1. The number of rotatable bonds is 3. The molecule has 14 heavy (non-hydrogen) atoms. The largest absolute Gasteiger partial charge is 0.350 e. The van der Waals surface area contributed by atoms with Crippen molar-refractivity contribution >= 4 is 16.5 Å². The molecule has 1 aromatic heterocycles. The topological polar surface area (TPSA) is 42.1 Å². The van der Waals surface area contributed by atoms with Gasteiger partial charge in [-0.05, 0) is 26.2 Å². The molecule has 4 heteroatoms. The SMILES string of the molecule is CC(N)CN(C)c1nc2c(s1)CCC2. The van der Waals surface area contributed by atoms with E-state index in [4.69, 9.17) is 5.73 Å². The minimum absolute atomic E-state index is 0.207. The second-order valence-corrected chi connectivity index (χ2v) is 5.14. The Labute approximate surface area is 88.9 Å². The maximum atomic E-state index is 5.76. The van der Waals surface area contributed by atoms with Gasteiger partial charge in [-0.25, -0.2) is 4.98 Å². The van der Waals surface area contributed by atoms with Crippen LogP contribution < -0.4 is 10.6 Å². The van der Waals surface area contributed by atoms with Crippen LogP contribution in [-0.4, -0.2) is 24.6 Å². The van der Waals surface area contributed by atoms with Gasteiger partial charge in [-0.3, -0.25) is 0 Å². The second-order valence-electron chi connectivity index (χ2n) is 4.08. The highest BCUT2D eigenvalue weighted by Gasteiger charge is 2.18. The number of hydrogen-bond donors (Lipinski definition) is 1. The van der Waals surface area contributed by atoms with Crippen molar-refractivity contribution in [3.63, 3.8) is 0 Å². The average molecular weight is 211 g/mol. The van der Waals surface area contributed by atoms with Crippen molar-refractivity contribution in [2.45, 2.75) is 32.2 Å². The van der Waals surface area contributed by atoms with Crippen molar-refractivity contribution in [3.8, 4) is 0 Å². The van der Waals surface area contributed by atoms with Crippen molar-refractivity contribution in [2.75, 3.05) is 18.5 Å². The zero-order valence-electron chi connectivity index (χ0n) is 8.79. The fraction of sp³-hybridized carbons (Fsp3) is 0.700. The molecular formula is C10H17N3S. The number of likely N-dealkylation sites (N-methyl/N-ethyl adjacent to an activating group) is 1. The van der Waals surface area contributed by atoms with E-state index in [0.717, 1.165) is 18.1 Å². The molecule has 1 aromatic rings. The number of aryl methyl sites for hydroxylation is 2. The summed E-state index contributed by atoms with van der Waals surface area (Å²) in [5, 5.41) is 1.13. The fourth-order valence-corrected chi connectivity index (χ4v) is 2.97. The highest BCUT2D eigenvalue weighted by Crippen LogP contribution is 2.31. The van der Waals surface area contributed by atoms with Crippen LogP contribution in [-0.2, 0) is 12.8 Å². The molecule has 1 aliphatic carbocycles. The van der Waals surface area contributed by atoms with E-state index in [9.17, 15) is 0 Å². The number of thiazole rings is 1. The van der Waals surface area contributed by atoms with Crippen molar-refractivity contribution in [2.24, 2.45) is 5.73 Å². The summed E-state index contributed by atoms with van der Waals surface area (Å²) in [6.07, 6.45) is 3.67. The Hall–Kier alpha value is -0.610. The van der Waals surface area contributed by atoms with Gasteiger partial charge in [0.05, 0.1) is 5.69 Å². The highest BCUT2D eigenvalue weighted by atomic mass is 32.1. The molecule has 2 rings (SSSR count). The van der Waals surface area contributed by atoms with Crippen molar-refractivity contribution in [1.29, 1.82) is 0 Å². The molecule has 1 unspecified atom stereocenters. The number of hydrogen-bond acceptors (Lipinski definition) is 4. The Morgan fingerprint density at radius 3 is 3.00 bits per heavy atom. The molecule has 0 saturated heterocycles. The third kappa shape index (κ3) is 1.91. The maximum absolute atomic E-state index is 5.76. The molecule has 0 aliphatic heterocycles. The Morgan fingerprint density at radius 1 is 1.57 bits per heavy atom. The quantitative estimate of drug-likeness (QED) is 0.822. The number of fused-ring (bicyclic) bond motifs is 1. The predicted octanol–water partition coefficient (Wildman–Crippen LogP) is 1.42. The van der Waals surface area contributed by atoms with Crippen LogP contribution in [0.25, 0.3) is 0 Å². The number of anilines is 1. The molecule has 0 aromatic carbocycles. The van der Waals surface area contributed by atoms with Crippen LogP contribution in [0.3, 0.4) is 0 Å². The standard InChI is InChI=1S/C10H17N3S/c1-7(11)6-13(2)10-12-8-4-3-5-9(8)14-10/h7H,3-6,11H2,1-2H3. The van der Waals surface area contributed by atoms with Crippen LogP contribution >= 0.6 is 11.3 Å². The number of aromatic nitrogens is 1. The molecule has 2 N–H and O–H groups in total. The Kier molecular flexibility index (Phi) is 2.74. The van der Waals surface area contributed by atoms with Crippen LogP contribution in [0.4, 0.5) is 5.13 Å². The van der Waals surface area contributed by atoms with E-state index in [1.807, 2.05) is 18.3 Å². The summed E-state index contributed by atoms with van der Waals surface area (Å²) < 4.78 is 0. The van der Waals surface area contributed by atoms with Crippen molar-refractivity contribution in [3.05, 3.63) is 10.6 Å². The minimum Gasteiger partial charge on any atom is -0.350 e. The Balaban J connectivity index is 2.09. The van der Waals surface area contributed by atoms with Crippen molar-refractivity contribution in [1.82, 2.24) is 4.98 Å². The van der Waals surface area contributed by atoms with Gasteiger partial charge < -0.3 is 10.6 Å². The van der Waals surface area contributed by atoms with Gasteiger partial charge in [-0.1, -0.05) is 0 Å². The maximum Gasteiger partial charge on any atom is 0.185 e. The first kappa shape index (κ1) is 9.93.